The molecule has 1 heterocycles. The molecule has 44 heavy (non-hydrogen) atoms. The standard InChI is InChI=1S/C31H28N4O9/c1-35(2)24-18-12-14-11-17-16(13-4-3-5-15(10-13)34-30(42)20-8-9-33-44-20)6-7-19(36)22(17)25(37)21(14)27(39)31(18,43)28(40)23(26(24)38)29(32)41/h3-10,14,18,24,36-37,40,43H,11-12H2,1-2H3,(H2,32,41)(H,34,42)/t14-,18-,24-,31+/m1/s1. The van der Waals surface area contributed by atoms with Crippen molar-refractivity contribution in [2.75, 3.05) is 19.4 Å². The molecule has 2 amide bonds. The number of aromatic nitrogens is 1. The van der Waals surface area contributed by atoms with Crippen LogP contribution in [0.3, 0.4) is 0 Å². The van der Waals surface area contributed by atoms with Crippen molar-refractivity contribution < 1.29 is 44.1 Å². The number of anilines is 1. The molecule has 1 aromatic heterocycles. The number of benzene rings is 2. The maximum absolute atomic E-state index is 14.0. The minimum atomic E-state index is -2.71. The molecule has 7 N–H and O–H groups in total. The van der Waals surface area contributed by atoms with Crippen molar-refractivity contribution in [1.82, 2.24) is 10.1 Å². The molecule has 0 radical (unpaired) electrons. The summed E-state index contributed by atoms with van der Waals surface area (Å²) in [7, 11) is 3.08. The molecule has 4 atom stereocenters. The normalized spacial score (nSPS) is 24.6. The Kier molecular flexibility index (Phi) is 6.67. The first kappa shape index (κ1) is 28.8. The van der Waals surface area contributed by atoms with E-state index in [1.165, 1.54) is 37.3 Å². The van der Waals surface area contributed by atoms with Gasteiger partial charge in [-0.05, 0) is 67.7 Å². The fourth-order valence-electron chi connectivity index (χ4n) is 6.80. The summed E-state index contributed by atoms with van der Waals surface area (Å²) in [6.45, 7) is 0. The quantitative estimate of drug-likeness (QED) is 0.232. The van der Waals surface area contributed by atoms with E-state index in [1.54, 1.807) is 30.3 Å². The number of nitrogens with one attached hydrogen (secondary N) is 1. The highest BCUT2D eigenvalue weighted by molar-refractivity contribution is 6.24. The molecule has 0 bridgehead atoms. The van der Waals surface area contributed by atoms with Gasteiger partial charge in [0.2, 0.25) is 11.5 Å². The number of carbonyl (C=O) groups is 4. The van der Waals surface area contributed by atoms with Gasteiger partial charge >= 0.3 is 0 Å². The second kappa shape index (κ2) is 10.2. The first-order valence-corrected chi connectivity index (χ1v) is 13.7. The number of nitrogens with zero attached hydrogens (tertiary/aromatic N) is 2. The number of Topliss-reactive ketones (excluding diaryl/α,β-unsaturated/α-hetero) is 2. The molecule has 3 aliphatic carbocycles. The van der Waals surface area contributed by atoms with E-state index in [4.69, 9.17) is 10.3 Å². The maximum Gasteiger partial charge on any atom is 0.294 e. The number of primary amides is 1. The van der Waals surface area contributed by atoms with E-state index >= 15 is 0 Å². The Bertz CT molecular complexity index is 1820. The lowest BCUT2D eigenvalue weighted by Crippen LogP contribution is -2.65. The minimum absolute atomic E-state index is 0.0167. The van der Waals surface area contributed by atoms with Crippen LogP contribution in [0.5, 0.6) is 5.75 Å². The number of ketones is 2. The zero-order valence-electron chi connectivity index (χ0n) is 23.6. The van der Waals surface area contributed by atoms with Crippen LogP contribution in [0.4, 0.5) is 5.69 Å². The lowest BCUT2D eigenvalue weighted by atomic mass is 9.57. The number of hydrogen-bond donors (Lipinski definition) is 6. The number of nitrogens with two attached hydrogens (primary N) is 1. The number of rotatable bonds is 5. The Balaban J connectivity index is 1.46. The van der Waals surface area contributed by atoms with Gasteiger partial charge in [-0.1, -0.05) is 23.4 Å². The van der Waals surface area contributed by atoms with E-state index in [2.05, 4.69) is 10.5 Å². The summed E-state index contributed by atoms with van der Waals surface area (Å²) in [6, 6.07) is 10.1. The fourth-order valence-corrected chi connectivity index (χ4v) is 6.80. The van der Waals surface area contributed by atoms with Crippen LogP contribution in [-0.2, 0) is 20.8 Å². The molecule has 226 valence electrons. The molecule has 1 fully saturated rings. The first-order chi connectivity index (χ1) is 20.9. The van der Waals surface area contributed by atoms with Gasteiger partial charge in [0, 0.05) is 23.2 Å². The molecule has 3 aromatic rings. The van der Waals surface area contributed by atoms with Crippen molar-refractivity contribution in [3.63, 3.8) is 0 Å². The van der Waals surface area contributed by atoms with Crippen LogP contribution in [0.1, 0.15) is 28.1 Å². The number of carbonyl (C=O) groups excluding carboxylic acids is 4. The van der Waals surface area contributed by atoms with E-state index < -0.39 is 64.0 Å². The number of phenolic OH excluding ortho intramolecular Hbond substituents is 1. The Morgan fingerprint density at radius 3 is 2.52 bits per heavy atom. The van der Waals surface area contributed by atoms with Crippen LogP contribution in [-0.4, -0.2) is 79.6 Å². The smallest absolute Gasteiger partial charge is 0.294 e. The summed E-state index contributed by atoms with van der Waals surface area (Å²) in [5.74, 6) is -7.67. The van der Waals surface area contributed by atoms with Crippen molar-refractivity contribution in [2.45, 2.75) is 24.5 Å². The fraction of sp³-hybridized carbons (Fsp3) is 0.258. The minimum Gasteiger partial charge on any atom is -0.508 e. The Morgan fingerprint density at radius 1 is 1.11 bits per heavy atom. The van der Waals surface area contributed by atoms with Gasteiger partial charge in [-0.3, -0.25) is 24.1 Å². The van der Waals surface area contributed by atoms with Crippen LogP contribution in [0.25, 0.3) is 16.9 Å². The zero-order valence-corrected chi connectivity index (χ0v) is 23.6. The number of likely N-dealkylation sites (N-methyl/N-ethyl adjacent to an activating group) is 1. The molecule has 2 aromatic carbocycles. The van der Waals surface area contributed by atoms with Gasteiger partial charge in [-0.2, -0.15) is 0 Å². The topological polar surface area (TPSA) is 217 Å². The van der Waals surface area contributed by atoms with Crippen LogP contribution in [0, 0.1) is 11.8 Å². The SMILES string of the molecule is CN(C)[C@H]1C(=O)C(C(N)=O)=C(O)[C@@]2(O)C(=O)C3=C(O)c4c(O)ccc(-c5cccc(NC(=O)c6ccno6)c5)c4C[C@@H]3C[C@H]12. The highest BCUT2D eigenvalue weighted by Gasteiger charge is 2.64. The predicted octanol–water partition coefficient (Wildman–Crippen LogP) is 1.87. The molecule has 13 nitrogen and oxygen atoms in total. The second-order valence-corrected chi connectivity index (χ2v) is 11.4. The molecule has 6 rings (SSSR count). The molecule has 0 saturated heterocycles. The summed E-state index contributed by atoms with van der Waals surface area (Å²) in [5.41, 5.74) is 3.66. The molecule has 13 heteroatoms. The van der Waals surface area contributed by atoms with Gasteiger partial charge in [0.25, 0.3) is 11.8 Å². The molecule has 3 aliphatic rings. The van der Waals surface area contributed by atoms with Gasteiger partial charge in [0.1, 0.15) is 22.8 Å². The van der Waals surface area contributed by atoms with Crippen LogP contribution >= 0.6 is 0 Å². The Hall–Kier alpha value is -5.27. The lowest BCUT2D eigenvalue weighted by molar-refractivity contribution is -0.153. The van der Waals surface area contributed by atoms with E-state index in [0.29, 0.717) is 22.4 Å². The van der Waals surface area contributed by atoms with Crippen molar-refractivity contribution in [2.24, 2.45) is 17.6 Å². The van der Waals surface area contributed by atoms with E-state index in [0.717, 1.165) is 0 Å². The van der Waals surface area contributed by atoms with Gasteiger partial charge in [0.15, 0.2) is 11.4 Å². The predicted molar refractivity (Wildman–Crippen MR) is 154 cm³/mol. The number of phenols is 1. The van der Waals surface area contributed by atoms with Crippen molar-refractivity contribution in [1.29, 1.82) is 0 Å². The third-order valence-electron chi connectivity index (χ3n) is 8.70. The number of aliphatic hydroxyl groups excluding tert-OH is 2. The van der Waals surface area contributed by atoms with Crippen LogP contribution in [0.15, 0.2) is 70.1 Å². The van der Waals surface area contributed by atoms with Crippen LogP contribution < -0.4 is 11.1 Å². The summed E-state index contributed by atoms with van der Waals surface area (Å²) >= 11 is 0. The van der Waals surface area contributed by atoms with E-state index in [-0.39, 0.29) is 35.5 Å². The van der Waals surface area contributed by atoms with Crippen molar-refractivity contribution in [3.05, 3.63) is 82.5 Å². The highest BCUT2D eigenvalue weighted by atomic mass is 16.5. The number of fused-ring (bicyclic) bond motifs is 3. The number of aliphatic hydroxyl groups is 3. The maximum atomic E-state index is 14.0. The van der Waals surface area contributed by atoms with E-state index in [1.807, 2.05) is 0 Å². The summed E-state index contributed by atoms with van der Waals surface area (Å²) < 4.78 is 4.91. The average molecular weight is 601 g/mol. The van der Waals surface area contributed by atoms with E-state index in [9.17, 15) is 39.6 Å². The van der Waals surface area contributed by atoms with Crippen molar-refractivity contribution in [3.8, 4) is 16.9 Å². The Labute approximate surface area is 249 Å². The molecule has 0 unspecified atom stereocenters. The molecule has 0 aliphatic heterocycles. The van der Waals surface area contributed by atoms with Crippen LogP contribution in [0.2, 0.25) is 0 Å². The van der Waals surface area contributed by atoms with Gasteiger partial charge in [-0.25, -0.2) is 0 Å². The van der Waals surface area contributed by atoms with Gasteiger partial charge in [0.05, 0.1) is 17.8 Å². The largest absolute Gasteiger partial charge is 0.508 e. The first-order valence-electron chi connectivity index (χ1n) is 13.7. The Morgan fingerprint density at radius 2 is 1.86 bits per heavy atom. The van der Waals surface area contributed by atoms with Gasteiger partial charge in [-0.15, -0.1) is 0 Å². The number of hydrogen-bond acceptors (Lipinski definition) is 11. The monoisotopic (exact) mass is 600 g/mol. The summed E-state index contributed by atoms with van der Waals surface area (Å²) in [4.78, 5) is 53.4. The average Bonchev–Trinajstić information content (AvgIpc) is 3.50. The molecule has 0 spiro atoms. The van der Waals surface area contributed by atoms with Crippen molar-refractivity contribution >= 4 is 34.8 Å². The van der Waals surface area contributed by atoms with Gasteiger partial charge < -0.3 is 36.0 Å². The highest BCUT2D eigenvalue weighted by Crippen LogP contribution is 2.53. The molecular formula is C31H28N4O9. The molecular weight excluding hydrogens is 572 g/mol. The third-order valence-corrected chi connectivity index (χ3v) is 8.70. The second-order valence-electron chi connectivity index (χ2n) is 11.4. The number of amides is 2. The summed E-state index contributed by atoms with van der Waals surface area (Å²) in [6.07, 6.45) is 1.43. The zero-order chi connectivity index (χ0) is 31.7. The summed E-state index contributed by atoms with van der Waals surface area (Å²) in [5, 5.41) is 51.4. The third kappa shape index (κ3) is 4.12. The number of aromatic hydroxyl groups is 1. The molecule has 1 saturated carbocycles. The lowest BCUT2D eigenvalue weighted by Gasteiger charge is -2.50.